The summed E-state index contributed by atoms with van der Waals surface area (Å²) >= 11 is 0. The Morgan fingerprint density at radius 3 is 1.27 bits per heavy atom. The third-order valence-electron chi connectivity index (χ3n) is 6.27. The quantitative estimate of drug-likeness (QED) is 0.180. The van der Waals surface area contributed by atoms with Gasteiger partial charge >= 0.3 is 25.8 Å². The fraction of sp³-hybridized carbons (Fsp3) is 0.188. The van der Waals surface area contributed by atoms with Crippen LogP contribution in [0.4, 0.5) is 0 Å². The molecule has 0 bridgehead atoms. The van der Waals surface area contributed by atoms with Gasteiger partial charge in [-0.2, -0.15) is 12.1 Å². The van der Waals surface area contributed by atoms with Gasteiger partial charge in [-0.05, 0) is 10.8 Å². The molecule has 37 heavy (non-hydrogen) atoms. The van der Waals surface area contributed by atoms with Crippen molar-refractivity contribution in [1.29, 1.82) is 0 Å². The largest absolute Gasteiger partial charge is 4.00 e. The fourth-order valence-electron chi connectivity index (χ4n) is 4.23. The maximum Gasteiger partial charge on any atom is 4.00 e. The van der Waals surface area contributed by atoms with E-state index in [0.717, 1.165) is 0 Å². The predicted octanol–water partition coefficient (Wildman–Crippen LogP) is 3.62. The van der Waals surface area contributed by atoms with Gasteiger partial charge in [-0.3, -0.25) is 0 Å². The van der Waals surface area contributed by atoms with Gasteiger partial charge in [0, 0.05) is 16.6 Å². The van der Waals surface area contributed by atoms with Gasteiger partial charge in [-0.15, -0.1) is 56.9 Å². The molecule has 0 aliphatic carbocycles. The molecule has 5 heteroatoms. The second kappa shape index (κ2) is 14.6. The van der Waals surface area contributed by atoms with E-state index in [0.29, 0.717) is 0 Å². The van der Waals surface area contributed by atoms with Crippen LogP contribution in [0.15, 0.2) is 97.1 Å². The van der Waals surface area contributed by atoms with Crippen LogP contribution in [0.3, 0.4) is 0 Å². The molecule has 0 amide bonds. The van der Waals surface area contributed by atoms with Crippen LogP contribution in [0.2, 0.25) is 26.2 Å². The van der Waals surface area contributed by atoms with Crippen LogP contribution in [0.25, 0.3) is 43.1 Å². The van der Waals surface area contributed by atoms with Crippen molar-refractivity contribution >= 4 is 59.7 Å². The number of rotatable bonds is 1. The number of aryl methyl sites for hydroxylation is 2. The zero-order valence-electron chi connectivity index (χ0n) is 22.5. The Balaban J connectivity index is 0.000000287. The molecule has 0 unspecified atom stereocenters. The normalized spacial score (nSPS) is 10.4. The first kappa shape index (κ1) is 33.5. The molecule has 2 radical (unpaired) electrons. The predicted molar refractivity (Wildman–Crippen MR) is 159 cm³/mol. The first-order valence-electron chi connectivity index (χ1n) is 12.0. The molecule has 0 aromatic heterocycles. The maximum absolute atomic E-state index is 2.39. The Bertz CT molecular complexity index is 1450. The van der Waals surface area contributed by atoms with Gasteiger partial charge in [0.25, 0.3) is 0 Å². The molecule has 188 valence electrons. The van der Waals surface area contributed by atoms with Gasteiger partial charge in [0.15, 0.2) is 0 Å². The topological polar surface area (TPSA) is 0 Å². The van der Waals surface area contributed by atoms with Gasteiger partial charge < -0.3 is 24.8 Å². The second-order valence-corrected chi connectivity index (χ2v) is 21.1. The van der Waals surface area contributed by atoms with E-state index in [1.807, 2.05) is 0 Å². The van der Waals surface area contributed by atoms with Gasteiger partial charge in [0.05, 0.1) is 0 Å². The third-order valence-corrected chi connectivity index (χ3v) is 12.3. The molecule has 0 fully saturated rings. The van der Waals surface area contributed by atoms with Crippen molar-refractivity contribution in [1.82, 2.24) is 0 Å². The average molecular weight is 724 g/mol. The molecule has 0 nitrogen and oxygen atoms in total. The van der Waals surface area contributed by atoms with E-state index in [4.69, 9.17) is 0 Å². The molecule has 0 heterocycles. The van der Waals surface area contributed by atoms with Crippen molar-refractivity contribution in [2.24, 2.45) is 0 Å². The monoisotopic (exact) mass is 724 g/mol. The summed E-state index contributed by atoms with van der Waals surface area (Å²) in [6, 6.07) is 34.9. The Morgan fingerprint density at radius 2 is 0.919 bits per heavy atom. The van der Waals surface area contributed by atoms with Gasteiger partial charge in [0.1, 0.15) is 0 Å². The Hall–Kier alpha value is -1.50. The van der Waals surface area contributed by atoms with E-state index in [-0.39, 0.29) is 50.7 Å². The first-order valence-corrected chi connectivity index (χ1v) is 18.0. The summed E-state index contributed by atoms with van der Waals surface area (Å²) < 4.78 is 0. The molecule has 0 aliphatic rings. The summed E-state index contributed by atoms with van der Waals surface area (Å²) in [4.78, 5) is 0. The van der Waals surface area contributed by atoms with Crippen LogP contribution in [0, 0.1) is 13.8 Å². The molecule has 0 saturated carbocycles. The Kier molecular flexibility index (Phi) is 13.2. The van der Waals surface area contributed by atoms with Crippen LogP contribution in [-0.2, 0) is 25.8 Å². The van der Waals surface area contributed by atoms with Crippen molar-refractivity contribution < 1.29 is 50.7 Å². The molecule has 6 aromatic carbocycles. The molecule has 0 spiro atoms. The maximum atomic E-state index is 2.39. The SMILES string of the molecule is C[Si][Si](C)(C)C.Cc1cc2c(ccc3ccccc32)[cH-]1.Cc1cc2c(ccc3ccccc32)[cH-]1.[Cl-].[Cl-].[Hf+4]. The average Bonchev–Trinajstić information content (AvgIpc) is 3.41. The summed E-state index contributed by atoms with van der Waals surface area (Å²) in [6.45, 7) is 13.8. The second-order valence-electron chi connectivity index (χ2n) is 10.1. The third kappa shape index (κ3) is 8.50. The standard InChI is InChI=1S/2C14H11.C4H12Si2.2ClH.Hf/c2*1-10-8-12-7-6-11-4-2-3-5-13(11)14(12)9-10;1-5-6(2,3)4;;;/h2*2-9H,1H3;1-4H3;2*1H;/q2*-1;;;;+4/p-2. The first-order chi connectivity index (χ1) is 16.2. The zero-order valence-corrected chi connectivity index (χ0v) is 29.6. The van der Waals surface area contributed by atoms with E-state index in [1.165, 1.54) is 63.3 Å². The molecule has 0 saturated heterocycles. The molecule has 6 aromatic rings. The van der Waals surface area contributed by atoms with E-state index in [9.17, 15) is 0 Å². The summed E-state index contributed by atoms with van der Waals surface area (Å²) in [5.41, 5.74) is 2.69. The van der Waals surface area contributed by atoms with E-state index in [1.54, 1.807) is 0 Å². The molecule has 0 N–H and O–H groups in total. The van der Waals surface area contributed by atoms with Crippen molar-refractivity contribution in [3.63, 3.8) is 0 Å². The number of hydrogen-bond acceptors (Lipinski definition) is 0. The number of benzene rings is 4. The van der Waals surface area contributed by atoms with Gasteiger partial charge in [-0.25, -0.2) is 0 Å². The fourth-order valence-corrected chi connectivity index (χ4v) is 4.23. The van der Waals surface area contributed by atoms with Crippen LogP contribution < -0.4 is 24.8 Å². The van der Waals surface area contributed by atoms with E-state index >= 15 is 0 Å². The Labute approximate surface area is 256 Å². The zero-order chi connectivity index (χ0) is 24.3. The van der Waals surface area contributed by atoms with Crippen LogP contribution in [0.1, 0.15) is 11.1 Å². The number of fused-ring (bicyclic) bond motifs is 6. The molecular formula is C32H34Cl2HfSi2. The summed E-state index contributed by atoms with van der Waals surface area (Å²) in [6.07, 6.45) is 0. The van der Waals surface area contributed by atoms with Crippen molar-refractivity contribution in [3.05, 3.63) is 108 Å². The Morgan fingerprint density at radius 1 is 0.568 bits per heavy atom. The van der Waals surface area contributed by atoms with Crippen LogP contribution in [-0.4, -0.2) is 16.6 Å². The molecule has 6 rings (SSSR count). The molecule has 0 aliphatic heterocycles. The summed E-state index contributed by atoms with van der Waals surface area (Å²) in [7, 11) is 0.603. The van der Waals surface area contributed by atoms with Crippen LogP contribution >= 0.6 is 0 Å². The van der Waals surface area contributed by atoms with Crippen molar-refractivity contribution in [3.8, 4) is 0 Å². The minimum Gasteiger partial charge on any atom is -1.00 e. The summed E-state index contributed by atoms with van der Waals surface area (Å²) in [5.74, 6) is 0. The number of hydrogen-bond donors (Lipinski definition) is 0. The van der Waals surface area contributed by atoms with Crippen LogP contribution in [0.5, 0.6) is 0 Å². The minimum absolute atomic E-state index is 0. The summed E-state index contributed by atoms with van der Waals surface area (Å²) in [5, 5.41) is 10.8. The van der Waals surface area contributed by atoms with Crippen molar-refractivity contribution in [2.75, 3.05) is 0 Å². The van der Waals surface area contributed by atoms with Crippen molar-refractivity contribution in [2.45, 2.75) is 40.0 Å². The van der Waals surface area contributed by atoms with Gasteiger partial charge in [0.2, 0.25) is 0 Å². The van der Waals surface area contributed by atoms with E-state index in [2.05, 4.69) is 137 Å². The molecule has 0 atom stereocenters. The molecular weight excluding hydrogens is 690 g/mol. The number of halogens is 2. The minimum atomic E-state index is -0.603. The smallest absolute Gasteiger partial charge is 1.00 e. The van der Waals surface area contributed by atoms with Gasteiger partial charge in [-0.1, -0.05) is 111 Å². The van der Waals surface area contributed by atoms with E-state index < -0.39 is 7.59 Å².